The molecule has 6 nitrogen and oxygen atoms in total. The van der Waals surface area contributed by atoms with Gasteiger partial charge in [-0.25, -0.2) is 0 Å². The number of carbonyl (C=O) groups is 1. The number of nitrogens with zero attached hydrogens (tertiary/aromatic N) is 3. The summed E-state index contributed by atoms with van der Waals surface area (Å²) in [5, 5.41) is 7.30. The molecule has 2 heterocycles. The van der Waals surface area contributed by atoms with Gasteiger partial charge in [0.2, 0.25) is 0 Å². The van der Waals surface area contributed by atoms with Gasteiger partial charge < -0.3 is 15.0 Å². The molecule has 1 aliphatic rings. The molecule has 0 saturated carbocycles. The summed E-state index contributed by atoms with van der Waals surface area (Å²) in [6, 6.07) is -0.0246. The number of halogens is 1. The minimum atomic E-state index is -0.213. The number of rotatable bonds is 4. The number of hydrogen-bond acceptors (Lipinski definition) is 4. The fraction of sp³-hybridized carbons (Fsp3) is 0.667. The number of likely N-dealkylation sites (N-methyl/N-ethyl adjacent to an activating group) is 1. The Labute approximate surface area is 117 Å². The highest BCUT2D eigenvalue weighted by molar-refractivity contribution is 6.33. The minimum Gasteiger partial charge on any atom is -0.375 e. The molecule has 0 spiro atoms. The lowest BCUT2D eigenvalue weighted by Gasteiger charge is -2.19. The number of ether oxygens (including phenoxy) is 1. The van der Waals surface area contributed by atoms with E-state index in [9.17, 15) is 4.79 Å². The zero-order valence-electron chi connectivity index (χ0n) is 11.4. The Morgan fingerprint density at radius 1 is 1.58 bits per heavy atom. The Kier molecular flexibility index (Phi) is 4.44. The summed E-state index contributed by atoms with van der Waals surface area (Å²) in [5.41, 5.74) is 0.381. The quantitative estimate of drug-likeness (QED) is 0.877. The van der Waals surface area contributed by atoms with Crippen LogP contribution >= 0.6 is 11.6 Å². The highest BCUT2D eigenvalue weighted by Crippen LogP contribution is 2.16. The van der Waals surface area contributed by atoms with E-state index < -0.39 is 0 Å². The second kappa shape index (κ2) is 5.90. The number of aryl methyl sites for hydroxylation is 1. The van der Waals surface area contributed by atoms with Crippen molar-refractivity contribution in [2.24, 2.45) is 7.05 Å². The highest BCUT2D eigenvalue weighted by Gasteiger charge is 2.33. The van der Waals surface area contributed by atoms with Gasteiger partial charge in [-0.3, -0.25) is 9.48 Å². The van der Waals surface area contributed by atoms with E-state index in [0.717, 1.165) is 13.1 Å². The molecule has 0 unspecified atom stereocenters. The number of nitrogens with one attached hydrogen (secondary N) is 1. The number of aromatic nitrogens is 2. The fourth-order valence-electron chi connectivity index (χ4n) is 2.39. The normalized spacial score (nSPS) is 23.8. The first-order valence-electron chi connectivity index (χ1n) is 6.31. The van der Waals surface area contributed by atoms with E-state index in [2.05, 4.69) is 15.3 Å². The van der Waals surface area contributed by atoms with Crippen molar-refractivity contribution in [2.75, 3.05) is 26.7 Å². The number of amides is 1. The van der Waals surface area contributed by atoms with E-state index in [1.165, 1.54) is 10.9 Å². The van der Waals surface area contributed by atoms with Crippen LogP contribution < -0.4 is 5.32 Å². The minimum absolute atomic E-state index is 0.0194. The maximum Gasteiger partial charge on any atom is 0.271 e. The van der Waals surface area contributed by atoms with E-state index >= 15 is 0 Å². The summed E-state index contributed by atoms with van der Waals surface area (Å²) in [5.74, 6) is -0.213. The van der Waals surface area contributed by atoms with Gasteiger partial charge in [0.15, 0.2) is 0 Å². The van der Waals surface area contributed by atoms with Gasteiger partial charge in [-0.15, -0.1) is 0 Å². The summed E-state index contributed by atoms with van der Waals surface area (Å²) in [4.78, 5) is 14.4. The van der Waals surface area contributed by atoms with Crippen LogP contribution in [0.5, 0.6) is 0 Å². The van der Waals surface area contributed by atoms with E-state index in [4.69, 9.17) is 16.3 Å². The molecule has 0 aliphatic carbocycles. The van der Waals surface area contributed by atoms with Crippen LogP contribution in [0.2, 0.25) is 5.02 Å². The second-order valence-corrected chi connectivity index (χ2v) is 5.17. The van der Waals surface area contributed by atoms with Crippen LogP contribution in [0.15, 0.2) is 6.20 Å². The van der Waals surface area contributed by atoms with Crippen molar-refractivity contribution >= 4 is 17.5 Å². The van der Waals surface area contributed by atoms with E-state index in [1.807, 2.05) is 14.0 Å². The number of likely N-dealkylation sites (tertiary alicyclic amines) is 1. The molecule has 1 N–H and O–H groups in total. The number of carbonyl (C=O) groups excluding carboxylic acids is 1. The third kappa shape index (κ3) is 3.08. The predicted molar refractivity (Wildman–Crippen MR) is 72.4 cm³/mol. The van der Waals surface area contributed by atoms with Crippen molar-refractivity contribution < 1.29 is 9.53 Å². The van der Waals surface area contributed by atoms with Crippen LogP contribution in [0.3, 0.4) is 0 Å². The molecule has 7 heteroatoms. The Hall–Kier alpha value is -1.11. The van der Waals surface area contributed by atoms with Crippen molar-refractivity contribution in [3.8, 4) is 0 Å². The van der Waals surface area contributed by atoms with Gasteiger partial charge in [-0.05, 0) is 14.0 Å². The molecule has 0 bridgehead atoms. The van der Waals surface area contributed by atoms with E-state index in [1.54, 1.807) is 7.05 Å². The fourth-order valence-corrected chi connectivity index (χ4v) is 2.64. The summed E-state index contributed by atoms with van der Waals surface area (Å²) < 4.78 is 7.13. The molecule has 0 aromatic carbocycles. The molecule has 1 amide bonds. The maximum absolute atomic E-state index is 12.2. The van der Waals surface area contributed by atoms with Crippen LogP contribution in [-0.4, -0.2) is 59.5 Å². The Bertz CT molecular complexity index is 443. The summed E-state index contributed by atoms with van der Waals surface area (Å²) in [7, 11) is 3.71. The molecule has 19 heavy (non-hydrogen) atoms. The monoisotopic (exact) mass is 286 g/mol. The molecular formula is C12H19ClN4O2. The summed E-state index contributed by atoms with van der Waals surface area (Å²) >= 11 is 5.97. The SMILES string of the molecule is CCO[C@H]1CN(C)C[C@@H]1NC(=O)c1c(Cl)cnn1C. The Morgan fingerprint density at radius 2 is 2.32 bits per heavy atom. The maximum atomic E-state index is 12.2. The van der Waals surface area contributed by atoms with Gasteiger partial charge in [0, 0.05) is 26.7 Å². The predicted octanol–water partition coefficient (Wildman–Crippen LogP) is 0.522. The molecule has 1 aromatic rings. The lowest BCUT2D eigenvalue weighted by atomic mass is 10.2. The zero-order chi connectivity index (χ0) is 14.0. The molecule has 1 fully saturated rings. The zero-order valence-corrected chi connectivity index (χ0v) is 12.1. The smallest absolute Gasteiger partial charge is 0.271 e. The van der Waals surface area contributed by atoms with Gasteiger partial charge in [0.25, 0.3) is 5.91 Å². The van der Waals surface area contributed by atoms with Gasteiger partial charge in [0.1, 0.15) is 5.69 Å². The Balaban J connectivity index is 2.06. The molecule has 2 rings (SSSR count). The van der Waals surface area contributed by atoms with Crippen molar-refractivity contribution in [3.63, 3.8) is 0 Å². The third-order valence-corrected chi connectivity index (χ3v) is 3.53. The average molecular weight is 287 g/mol. The van der Waals surface area contributed by atoms with Crippen LogP contribution in [0, 0.1) is 0 Å². The molecule has 1 aliphatic heterocycles. The highest BCUT2D eigenvalue weighted by atomic mass is 35.5. The summed E-state index contributed by atoms with van der Waals surface area (Å²) in [6.07, 6.45) is 1.49. The van der Waals surface area contributed by atoms with Crippen molar-refractivity contribution in [2.45, 2.75) is 19.1 Å². The molecule has 2 atom stereocenters. The first-order valence-corrected chi connectivity index (χ1v) is 6.69. The third-order valence-electron chi connectivity index (χ3n) is 3.26. The van der Waals surface area contributed by atoms with Crippen molar-refractivity contribution in [1.82, 2.24) is 20.0 Å². The first-order chi connectivity index (χ1) is 9.02. The summed E-state index contributed by atoms with van der Waals surface area (Å²) in [6.45, 7) is 4.18. The second-order valence-electron chi connectivity index (χ2n) is 4.76. The topological polar surface area (TPSA) is 59.4 Å². The van der Waals surface area contributed by atoms with Gasteiger partial charge in [-0.1, -0.05) is 11.6 Å². The van der Waals surface area contributed by atoms with Crippen LogP contribution in [0.1, 0.15) is 17.4 Å². The molecule has 106 valence electrons. The lowest BCUT2D eigenvalue weighted by Crippen LogP contribution is -2.44. The van der Waals surface area contributed by atoms with Crippen molar-refractivity contribution in [1.29, 1.82) is 0 Å². The Morgan fingerprint density at radius 3 is 2.89 bits per heavy atom. The largest absolute Gasteiger partial charge is 0.375 e. The van der Waals surface area contributed by atoms with Gasteiger partial charge in [0.05, 0.1) is 23.4 Å². The van der Waals surface area contributed by atoms with Crippen LogP contribution in [0.25, 0.3) is 0 Å². The van der Waals surface area contributed by atoms with E-state index in [-0.39, 0.29) is 18.1 Å². The van der Waals surface area contributed by atoms with Crippen LogP contribution in [0.4, 0.5) is 0 Å². The molecule has 1 aromatic heterocycles. The first kappa shape index (κ1) is 14.3. The lowest BCUT2D eigenvalue weighted by molar-refractivity contribution is 0.0511. The van der Waals surface area contributed by atoms with Crippen molar-refractivity contribution in [3.05, 3.63) is 16.9 Å². The van der Waals surface area contributed by atoms with Crippen LogP contribution in [-0.2, 0) is 11.8 Å². The van der Waals surface area contributed by atoms with E-state index in [0.29, 0.717) is 17.3 Å². The average Bonchev–Trinajstić information content (AvgIpc) is 2.83. The number of hydrogen-bond donors (Lipinski definition) is 1. The van der Waals surface area contributed by atoms with Gasteiger partial charge >= 0.3 is 0 Å². The standard InChI is InChI=1S/C12H19ClN4O2/c1-4-19-10-7-16(2)6-9(10)15-12(18)11-8(13)5-14-17(11)3/h5,9-10H,4,6-7H2,1-3H3,(H,15,18)/t9-,10-/m0/s1. The van der Waals surface area contributed by atoms with Gasteiger partial charge in [-0.2, -0.15) is 5.10 Å². The molecule has 0 radical (unpaired) electrons. The molecule has 1 saturated heterocycles. The molecular weight excluding hydrogens is 268 g/mol.